The molecule has 11 heteroatoms. The zero-order valence-corrected chi connectivity index (χ0v) is 17.3. The molecule has 2 aromatic rings. The van der Waals surface area contributed by atoms with Crippen LogP contribution < -0.4 is 16.6 Å². The number of hydrazine groups is 1. The highest BCUT2D eigenvalue weighted by atomic mass is 16.6. The Morgan fingerprint density at radius 1 is 1.23 bits per heavy atom. The van der Waals surface area contributed by atoms with Gasteiger partial charge in [-0.2, -0.15) is 4.68 Å². The Morgan fingerprint density at radius 3 is 2.70 bits per heavy atom. The third kappa shape index (κ3) is 4.61. The van der Waals surface area contributed by atoms with Crippen LogP contribution in [0.4, 0.5) is 5.82 Å². The van der Waals surface area contributed by atoms with Crippen LogP contribution in [0.15, 0.2) is 16.4 Å². The van der Waals surface area contributed by atoms with Crippen molar-refractivity contribution in [3.05, 3.63) is 23.2 Å². The van der Waals surface area contributed by atoms with Crippen molar-refractivity contribution in [2.75, 3.05) is 18.8 Å². The summed E-state index contributed by atoms with van der Waals surface area (Å²) in [6.45, 7) is 4.67. The summed E-state index contributed by atoms with van der Waals surface area (Å²) < 4.78 is 6.16. The number of amides is 1. The molecule has 0 atom stereocenters. The highest BCUT2D eigenvalue weighted by molar-refractivity contribution is 5.93. The van der Waals surface area contributed by atoms with Crippen LogP contribution in [0.1, 0.15) is 68.1 Å². The van der Waals surface area contributed by atoms with Crippen molar-refractivity contribution in [2.45, 2.75) is 58.4 Å². The van der Waals surface area contributed by atoms with Crippen LogP contribution in [0, 0.1) is 5.92 Å². The molecule has 2 aliphatic rings. The number of nitrogen functional groups attached to an aromatic ring is 1. The maximum atomic E-state index is 12.8. The maximum absolute atomic E-state index is 12.8. The molecule has 1 saturated heterocycles. The molecule has 0 unspecified atom stereocenters. The number of piperidine rings is 1. The Bertz CT molecular complexity index is 888. The smallest absolute Gasteiger partial charge is 0.292 e. The zero-order valence-electron chi connectivity index (χ0n) is 17.3. The molecule has 1 saturated carbocycles. The summed E-state index contributed by atoms with van der Waals surface area (Å²) >= 11 is 0. The van der Waals surface area contributed by atoms with Gasteiger partial charge in [0.05, 0.1) is 5.69 Å². The number of anilines is 1. The van der Waals surface area contributed by atoms with E-state index in [4.69, 9.17) is 10.4 Å². The Balaban J connectivity index is 1.52. The Hall–Kier alpha value is -2.95. The second kappa shape index (κ2) is 9.24. The predicted octanol–water partition coefficient (Wildman–Crippen LogP) is 1.55. The minimum Gasteiger partial charge on any atom is -0.378 e. The van der Waals surface area contributed by atoms with Crippen molar-refractivity contribution in [1.29, 1.82) is 0 Å². The van der Waals surface area contributed by atoms with Crippen molar-refractivity contribution in [3.8, 4) is 5.82 Å². The summed E-state index contributed by atoms with van der Waals surface area (Å²) in [6.07, 6.45) is 9.91. The van der Waals surface area contributed by atoms with Crippen LogP contribution in [-0.2, 0) is 6.54 Å². The number of hydrogen-bond acceptors (Lipinski definition) is 9. The average Bonchev–Trinajstić information content (AvgIpc) is 3.36. The first-order chi connectivity index (χ1) is 14.6. The van der Waals surface area contributed by atoms with Crippen LogP contribution in [0.3, 0.4) is 0 Å². The van der Waals surface area contributed by atoms with E-state index in [2.05, 4.69) is 43.3 Å². The van der Waals surface area contributed by atoms with Crippen LogP contribution in [-0.4, -0.2) is 49.2 Å². The molecule has 162 valence electrons. The van der Waals surface area contributed by atoms with Crippen molar-refractivity contribution >= 4 is 11.7 Å². The van der Waals surface area contributed by atoms with E-state index in [0.717, 1.165) is 38.8 Å². The predicted molar refractivity (Wildman–Crippen MR) is 109 cm³/mol. The molecule has 0 spiro atoms. The van der Waals surface area contributed by atoms with Crippen molar-refractivity contribution in [2.24, 2.45) is 5.92 Å². The molecule has 4 N–H and O–H groups in total. The fourth-order valence-corrected chi connectivity index (χ4v) is 3.97. The Labute approximate surface area is 175 Å². The molecule has 0 radical (unpaired) electrons. The lowest BCUT2D eigenvalue weighted by molar-refractivity contribution is 0.0932. The summed E-state index contributed by atoms with van der Waals surface area (Å²) in [5.74, 6) is 0.684. The lowest BCUT2D eigenvalue weighted by Gasteiger charge is -2.30. The van der Waals surface area contributed by atoms with Gasteiger partial charge in [0.25, 0.3) is 5.91 Å². The van der Waals surface area contributed by atoms with Gasteiger partial charge >= 0.3 is 0 Å². The first kappa shape index (κ1) is 20.3. The van der Waals surface area contributed by atoms with Crippen molar-refractivity contribution in [1.82, 2.24) is 41.1 Å². The van der Waals surface area contributed by atoms with Gasteiger partial charge in [-0.1, -0.05) is 24.1 Å². The quantitative estimate of drug-likeness (QED) is 0.599. The molecule has 30 heavy (non-hydrogen) atoms. The SMILES string of the molecule is CC1CCN(Cc2c(C(=O)NNC=C3CCCCC3)nnn2-c2nonc2N)CC1. The lowest BCUT2D eigenvalue weighted by atomic mass is 9.96. The number of allylic oxidation sites excluding steroid dienone is 1. The molecule has 2 aromatic heterocycles. The molecule has 3 heterocycles. The minimum absolute atomic E-state index is 0.0977. The van der Waals surface area contributed by atoms with Gasteiger partial charge in [0.15, 0.2) is 5.69 Å². The van der Waals surface area contributed by atoms with Crippen molar-refractivity contribution < 1.29 is 9.42 Å². The number of aromatic nitrogens is 5. The Morgan fingerprint density at radius 2 is 2.00 bits per heavy atom. The fourth-order valence-electron chi connectivity index (χ4n) is 3.97. The largest absolute Gasteiger partial charge is 0.378 e. The second-order valence-corrected chi connectivity index (χ2v) is 8.19. The average molecular weight is 416 g/mol. The van der Waals surface area contributed by atoms with E-state index in [-0.39, 0.29) is 23.2 Å². The van der Waals surface area contributed by atoms with Gasteiger partial charge < -0.3 is 11.2 Å². The van der Waals surface area contributed by atoms with Crippen LogP contribution in [0.5, 0.6) is 0 Å². The maximum Gasteiger partial charge on any atom is 0.292 e. The number of hydrogen-bond donors (Lipinski definition) is 3. The zero-order chi connectivity index (χ0) is 20.9. The van der Waals surface area contributed by atoms with E-state index in [1.165, 1.54) is 29.5 Å². The molecular weight excluding hydrogens is 386 g/mol. The van der Waals surface area contributed by atoms with Crippen molar-refractivity contribution in [3.63, 3.8) is 0 Å². The van der Waals surface area contributed by atoms with E-state index < -0.39 is 0 Å². The summed E-state index contributed by atoms with van der Waals surface area (Å²) in [4.78, 5) is 15.1. The van der Waals surface area contributed by atoms with E-state index >= 15 is 0 Å². The molecular formula is C19H29N9O2. The number of nitrogens with two attached hydrogens (primary N) is 1. The number of carbonyl (C=O) groups excluding carboxylic acids is 1. The van der Waals surface area contributed by atoms with Crippen LogP contribution in [0.2, 0.25) is 0 Å². The molecule has 1 amide bonds. The van der Waals surface area contributed by atoms with E-state index in [1.54, 1.807) is 0 Å². The van der Waals surface area contributed by atoms with E-state index in [1.807, 2.05) is 6.20 Å². The summed E-state index contributed by atoms with van der Waals surface area (Å²) in [7, 11) is 0. The van der Waals surface area contributed by atoms with E-state index in [0.29, 0.717) is 18.2 Å². The molecule has 11 nitrogen and oxygen atoms in total. The number of likely N-dealkylation sites (tertiary alicyclic amines) is 1. The van der Waals surface area contributed by atoms with E-state index in [9.17, 15) is 4.79 Å². The molecule has 0 bridgehead atoms. The Kier molecular flexibility index (Phi) is 6.26. The standard InChI is InChI=1S/C19H29N9O2/c1-13-7-9-27(10-8-13)12-15-16(22-26-28(15)18-17(20)24-30-25-18)19(29)23-21-11-14-5-3-2-4-6-14/h11,13,21H,2-10,12H2,1H3,(H2,20,24)(H,23,29). The van der Waals surface area contributed by atoms with Gasteiger partial charge in [-0.3, -0.25) is 15.1 Å². The number of carbonyl (C=O) groups is 1. The van der Waals surface area contributed by atoms with Crippen LogP contribution in [0.25, 0.3) is 5.82 Å². The van der Waals surface area contributed by atoms with Gasteiger partial charge in [-0.05, 0) is 67.8 Å². The summed E-state index contributed by atoms with van der Waals surface area (Å²) in [5, 5.41) is 15.7. The highest BCUT2D eigenvalue weighted by Crippen LogP contribution is 2.23. The first-order valence-electron chi connectivity index (χ1n) is 10.6. The number of nitrogens with one attached hydrogen (secondary N) is 2. The summed E-state index contributed by atoms with van der Waals surface area (Å²) in [6, 6.07) is 0. The van der Waals surface area contributed by atoms with Crippen LogP contribution >= 0.6 is 0 Å². The molecule has 1 aliphatic heterocycles. The molecule has 4 rings (SSSR count). The number of nitrogens with zero attached hydrogens (tertiary/aromatic N) is 6. The molecule has 0 aromatic carbocycles. The minimum atomic E-state index is -0.357. The monoisotopic (exact) mass is 415 g/mol. The normalized spacial score (nSPS) is 18.4. The van der Waals surface area contributed by atoms with Gasteiger partial charge in [-0.25, -0.2) is 4.63 Å². The third-order valence-corrected chi connectivity index (χ3v) is 5.88. The first-order valence-corrected chi connectivity index (χ1v) is 10.6. The topological polar surface area (TPSA) is 140 Å². The van der Waals surface area contributed by atoms with Gasteiger partial charge in [0, 0.05) is 12.7 Å². The molecule has 1 aliphatic carbocycles. The van der Waals surface area contributed by atoms with Gasteiger partial charge in [-0.15, -0.1) is 5.10 Å². The van der Waals surface area contributed by atoms with Gasteiger partial charge in [0.2, 0.25) is 11.6 Å². The second-order valence-electron chi connectivity index (χ2n) is 8.19. The van der Waals surface area contributed by atoms with Gasteiger partial charge in [0.1, 0.15) is 0 Å². The number of rotatable bonds is 6. The fraction of sp³-hybridized carbons (Fsp3) is 0.632. The molecule has 2 fully saturated rings. The third-order valence-electron chi connectivity index (χ3n) is 5.88. The summed E-state index contributed by atoms with van der Waals surface area (Å²) in [5.41, 5.74) is 13.6. The highest BCUT2D eigenvalue weighted by Gasteiger charge is 2.26. The lowest BCUT2D eigenvalue weighted by Crippen LogP contribution is -2.37.